The van der Waals surface area contributed by atoms with Gasteiger partial charge in [-0.2, -0.15) is 0 Å². The van der Waals surface area contributed by atoms with Crippen molar-refractivity contribution in [2.45, 2.75) is 46.1 Å². The summed E-state index contributed by atoms with van der Waals surface area (Å²) in [5.41, 5.74) is 0. The van der Waals surface area contributed by atoms with Gasteiger partial charge in [-0.05, 0) is 31.1 Å². The molecule has 1 aromatic rings. The second-order valence-electron chi connectivity index (χ2n) is 6.62. The Labute approximate surface area is 132 Å². The van der Waals surface area contributed by atoms with Crippen molar-refractivity contribution in [3.8, 4) is 0 Å². The largest absolute Gasteiger partial charge is 0.480 e. The van der Waals surface area contributed by atoms with Crippen LogP contribution in [0.15, 0.2) is 12.4 Å². The Morgan fingerprint density at radius 3 is 2.91 bits per heavy atom. The normalized spacial score (nSPS) is 20.0. The van der Waals surface area contributed by atoms with E-state index in [4.69, 9.17) is 0 Å². The van der Waals surface area contributed by atoms with Gasteiger partial charge in [0.15, 0.2) is 0 Å². The van der Waals surface area contributed by atoms with Gasteiger partial charge < -0.3 is 15.3 Å². The van der Waals surface area contributed by atoms with E-state index in [-0.39, 0.29) is 0 Å². The molecule has 0 spiro atoms. The molecule has 0 aliphatic carbocycles. The monoisotopic (exact) mass is 306 g/mol. The summed E-state index contributed by atoms with van der Waals surface area (Å²) in [6, 6.07) is 1.23. The van der Waals surface area contributed by atoms with Gasteiger partial charge in [0.1, 0.15) is 24.0 Å². The average Bonchev–Trinajstić information content (AvgIpc) is 2.46. The molecule has 1 aliphatic heterocycles. The molecule has 0 radical (unpaired) electrons. The lowest BCUT2D eigenvalue weighted by molar-refractivity contribution is -0.138. The highest BCUT2D eigenvalue weighted by Crippen LogP contribution is 2.22. The molecule has 0 aromatic carbocycles. The second kappa shape index (κ2) is 7.42. The maximum atomic E-state index is 11.4. The van der Waals surface area contributed by atoms with Crippen molar-refractivity contribution in [1.29, 1.82) is 0 Å². The van der Waals surface area contributed by atoms with Crippen LogP contribution in [-0.2, 0) is 4.79 Å². The van der Waals surface area contributed by atoms with E-state index >= 15 is 0 Å². The first-order chi connectivity index (χ1) is 10.5. The van der Waals surface area contributed by atoms with E-state index in [1.54, 1.807) is 0 Å². The van der Waals surface area contributed by atoms with Gasteiger partial charge in [0.2, 0.25) is 0 Å². The molecule has 2 rings (SSSR count). The Balaban J connectivity index is 2.08. The summed E-state index contributed by atoms with van der Waals surface area (Å²) in [6.07, 6.45) is 4.49. The van der Waals surface area contributed by atoms with Gasteiger partial charge in [-0.25, -0.2) is 14.8 Å². The second-order valence-corrected chi connectivity index (χ2v) is 6.62. The fraction of sp³-hybridized carbons (Fsp3) is 0.688. The summed E-state index contributed by atoms with van der Waals surface area (Å²) in [6.45, 7) is 8.26. The number of nitrogens with zero attached hydrogens (tertiary/aromatic N) is 3. The minimum atomic E-state index is -0.847. The Bertz CT molecular complexity index is 507. The maximum Gasteiger partial charge on any atom is 0.326 e. The van der Waals surface area contributed by atoms with Crippen molar-refractivity contribution >= 4 is 17.6 Å². The van der Waals surface area contributed by atoms with Crippen LogP contribution in [0.4, 0.5) is 11.6 Å². The summed E-state index contributed by atoms with van der Waals surface area (Å²) in [5.74, 6) is 1.57. The van der Waals surface area contributed by atoms with E-state index in [0.717, 1.165) is 18.9 Å². The molecule has 6 heteroatoms. The average molecular weight is 306 g/mol. The van der Waals surface area contributed by atoms with Gasteiger partial charge >= 0.3 is 5.97 Å². The van der Waals surface area contributed by atoms with Crippen molar-refractivity contribution in [1.82, 2.24) is 9.97 Å². The van der Waals surface area contributed by atoms with Crippen LogP contribution in [0.2, 0.25) is 0 Å². The van der Waals surface area contributed by atoms with Gasteiger partial charge in [0.05, 0.1) is 0 Å². The molecule has 0 bridgehead atoms. The standard InChI is InChI=1S/C16H26N4O2/c1-11(2)7-13(16(21)22)19-14-8-15(18-10-17-14)20-6-4-5-12(3)9-20/h8,10-13H,4-7,9H2,1-3H3,(H,21,22)(H,17,18,19). The van der Waals surface area contributed by atoms with Gasteiger partial charge in [-0.3, -0.25) is 0 Å². The van der Waals surface area contributed by atoms with E-state index in [9.17, 15) is 9.90 Å². The third kappa shape index (κ3) is 4.58. The molecule has 0 amide bonds. The number of carboxylic acids is 1. The first kappa shape index (κ1) is 16.5. The first-order valence-electron chi connectivity index (χ1n) is 8.02. The zero-order valence-corrected chi connectivity index (χ0v) is 13.6. The number of nitrogens with one attached hydrogen (secondary N) is 1. The predicted octanol–water partition coefficient (Wildman–Crippen LogP) is 2.62. The minimum absolute atomic E-state index is 0.304. The molecule has 2 N–H and O–H groups in total. The third-order valence-corrected chi connectivity index (χ3v) is 3.96. The van der Waals surface area contributed by atoms with Gasteiger partial charge in [-0.15, -0.1) is 0 Å². The smallest absolute Gasteiger partial charge is 0.326 e. The maximum absolute atomic E-state index is 11.4. The SMILES string of the molecule is CC(C)CC(Nc1cc(N2CCCC(C)C2)ncn1)C(=O)O. The van der Waals surface area contributed by atoms with Crippen molar-refractivity contribution in [3.63, 3.8) is 0 Å². The highest BCUT2D eigenvalue weighted by atomic mass is 16.4. The molecule has 0 saturated carbocycles. The lowest BCUT2D eigenvalue weighted by Gasteiger charge is -2.32. The Kier molecular flexibility index (Phi) is 5.57. The fourth-order valence-electron chi connectivity index (χ4n) is 2.87. The van der Waals surface area contributed by atoms with E-state index in [2.05, 4.69) is 27.1 Å². The Morgan fingerprint density at radius 1 is 1.50 bits per heavy atom. The summed E-state index contributed by atoms with van der Waals surface area (Å²) >= 11 is 0. The molecule has 2 heterocycles. The molecule has 122 valence electrons. The van der Waals surface area contributed by atoms with Crippen molar-refractivity contribution in [2.24, 2.45) is 11.8 Å². The van der Waals surface area contributed by atoms with Crippen LogP contribution in [-0.4, -0.2) is 40.2 Å². The minimum Gasteiger partial charge on any atom is -0.480 e. The van der Waals surface area contributed by atoms with Crippen molar-refractivity contribution in [3.05, 3.63) is 12.4 Å². The summed E-state index contributed by atoms with van der Waals surface area (Å²) in [7, 11) is 0. The van der Waals surface area contributed by atoms with E-state index in [0.29, 0.717) is 24.1 Å². The molecular formula is C16H26N4O2. The van der Waals surface area contributed by atoms with E-state index < -0.39 is 12.0 Å². The van der Waals surface area contributed by atoms with E-state index in [1.807, 2.05) is 19.9 Å². The van der Waals surface area contributed by atoms with Crippen LogP contribution < -0.4 is 10.2 Å². The molecular weight excluding hydrogens is 280 g/mol. The number of anilines is 2. The molecule has 1 aliphatic rings. The van der Waals surface area contributed by atoms with Gasteiger partial charge in [-0.1, -0.05) is 20.8 Å². The van der Waals surface area contributed by atoms with Crippen LogP contribution in [0, 0.1) is 11.8 Å². The van der Waals surface area contributed by atoms with Crippen LogP contribution >= 0.6 is 0 Å². The van der Waals surface area contributed by atoms with Crippen molar-refractivity contribution < 1.29 is 9.90 Å². The molecule has 2 unspecified atom stereocenters. The number of hydrogen-bond donors (Lipinski definition) is 2. The van der Waals surface area contributed by atoms with Crippen LogP contribution in [0.25, 0.3) is 0 Å². The summed E-state index contributed by atoms with van der Waals surface area (Å²) in [4.78, 5) is 22.1. The number of aliphatic carboxylic acids is 1. The van der Waals surface area contributed by atoms with E-state index in [1.165, 1.54) is 19.2 Å². The zero-order chi connectivity index (χ0) is 16.1. The predicted molar refractivity (Wildman–Crippen MR) is 87.1 cm³/mol. The molecule has 2 atom stereocenters. The number of hydrogen-bond acceptors (Lipinski definition) is 5. The number of piperidine rings is 1. The summed E-state index contributed by atoms with van der Waals surface area (Å²) in [5, 5.41) is 12.3. The molecule has 6 nitrogen and oxygen atoms in total. The number of carbonyl (C=O) groups is 1. The quantitative estimate of drug-likeness (QED) is 0.841. The number of aromatic nitrogens is 2. The molecule has 1 aromatic heterocycles. The number of rotatable bonds is 6. The Morgan fingerprint density at radius 2 is 2.27 bits per heavy atom. The highest BCUT2D eigenvalue weighted by molar-refractivity contribution is 5.77. The first-order valence-corrected chi connectivity index (χ1v) is 8.02. The molecule has 1 fully saturated rings. The van der Waals surface area contributed by atoms with Crippen molar-refractivity contribution in [2.75, 3.05) is 23.3 Å². The highest BCUT2D eigenvalue weighted by Gasteiger charge is 2.21. The number of carboxylic acid groups (broad SMARTS) is 1. The summed E-state index contributed by atoms with van der Waals surface area (Å²) < 4.78 is 0. The van der Waals surface area contributed by atoms with Crippen LogP contribution in [0.3, 0.4) is 0 Å². The van der Waals surface area contributed by atoms with Crippen LogP contribution in [0.1, 0.15) is 40.0 Å². The lowest BCUT2D eigenvalue weighted by Crippen LogP contribution is -2.35. The fourth-order valence-corrected chi connectivity index (χ4v) is 2.87. The Hall–Kier alpha value is -1.85. The zero-order valence-electron chi connectivity index (χ0n) is 13.6. The molecule has 1 saturated heterocycles. The van der Waals surface area contributed by atoms with Gasteiger partial charge in [0, 0.05) is 19.2 Å². The lowest BCUT2D eigenvalue weighted by atomic mass is 10.0. The topological polar surface area (TPSA) is 78.3 Å². The van der Waals surface area contributed by atoms with Crippen LogP contribution in [0.5, 0.6) is 0 Å². The third-order valence-electron chi connectivity index (χ3n) is 3.96. The molecule has 22 heavy (non-hydrogen) atoms. The van der Waals surface area contributed by atoms with Gasteiger partial charge in [0.25, 0.3) is 0 Å².